The van der Waals surface area contributed by atoms with Crippen LogP contribution in [0.4, 0.5) is 0 Å². The summed E-state index contributed by atoms with van der Waals surface area (Å²) in [4.78, 5) is 12.9. The minimum absolute atomic E-state index is 0.0105. The topological polar surface area (TPSA) is 29.1 Å². The number of amides is 1. The number of benzene rings is 1. The Kier molecular flexibility index (Phi) is 6.09. The van der Waals surface area contributed by atoms with E-state index in [0.717, 1.165) is 17.7 Å². The van der Waals surface area contributed by atoms with Crippen molar-refractivity contribution < 1.29 is 4.79 Å². The van der Waals surface area contributed by atoms with Gasteiger partial charge in [-0.2, -0.15) is 11.8 Å². The van der Waals surface area contributed by atoms with Crippen molar-refractivity contribution in [3.8, 4) is 0 Å². The Morgan fingerprint density at radius 2 is 1.83 bits per heavy atom. The van der Waals surface area contributed by atoms with E-state index < -0.39 is 0 Å². The Balaban J connectivity index is 2.63. The zero-order valence-corrected chi connectivity index (χ0v) is 12.9. The van der Waals surface area contributed by atoms with Crippen molar-refractivity contribution in [1.82, 2.24) is 5.32 Å². The SMILES string of the molecule is CCC(CC)(CNC(=O)c1ccc(S)cc1)SC. The Hall–Kier alpha value is -0.610. The van der Waals surface area contributed by atoms with E-state index in [4.69, 9.17) is 0 Å². The summed E-state index contributed by atoms with van der Waals surface area (Å²) in [6.45, 7) is 5.05. The van der Waals surface area contributed by atoms with E-state index in [2.05, 4.69) is 38.0 Å². The molecule has 0 heterocycles. The molecule has 0 bridgehead atoms. The first-order valence-corrected chi connectivity index (χ1v) is 7.86. The Bertz CT molecular complexity index is 377. The maximum atomic E-state index is 12.0. The summed E-state index contributed by atoms with van der Waals surface area (Å²) >= 11 is 6.04. The molecule has 0 saturated heterocycles. The summed E-state index contributed by atoms with van der Waals surface area (Å²) < 4.78 is 0.152. The average molecular weight is 283 g/mol. The van der Waals surface area contributed by atoms with Crippen LogP contribution >= 0.6 is 24.4 Å². The fraction of sp³-hybridized carbons (Fsp3) is 0.500. The lowest BCUT2D eigenvalue weighted by Gasteiger charge is -2.29. The molecular weight excluding hydrogens is 262 g/mol. The monoisotopic (exact) mass is 283 g/mol. The minimum Gasteiger partial charge on any atom is -0.351 e. The third kappa shape index (κ3) is 3.95. The maximum Gasteiger partial charge on any atom is 0.251 e. The van der Waals surface area contributed by atoms with Gasteiger partial charge in [0.25, 0.3) is 5.91 Å². The van der Waals surface area contributed by atoms with Crippen molar-refractivity contribution in [2.24, 2.45) is 0 Å². The Labute approximate surface area is 119 Å². The zero-order valence-electron chi connectivity index (χ0n) is 11.2. The lowest BCUT2D eigenvalue weighted by atomic mass is 10.0. The minimum atomic E-state index is -0.0105. The molecule has 0 radical (unpaired) electrons. The molecule has 1 aromatic rings. The molecule has 0 aromatic heterocycles. The van der Waals surface area contributed by atoms with E-state index in [1.54, 1.807) is 12.1 Å². The summed E-state index contributed by atoms with van der Waals surface area (Å²) in [6.07, 6.45) is 4.22. The quantitative estimate of drug-likeness (QED) is 0.781. The van der Waals surface area contributed by atoms with Crippen molar-refractivity contribution in [3.63, 3.8) is 0 Å². The van der Waals surface area contributed by atoms with E-state index in [1.165, 1.54) is 0 Å². The molecule has 0 aliphatic rings. The van der Waals surface area contributed by atoms with Crippen LogP contribution < -0.4 is 5.32 Å². The number of hydrogen-bond acceptors (Lipinski definition) is 3. The van der Waals surface area contributed by atoms with E-state index in [0.29, 0.717) is 12.1 Å². The highest BCUT2D eigenvalue weighted by atomic mass is 32.2. The van der Waals surface area contributed by atoms with Crippen molar-refractivity contribution in [2.75, 3.05) is 12.8 Å². The van der Waals surface area contributed by atoms with E-state index >= 15 is 0 Å². The number of carbonyl (C=O) groups excluding carboxylic acids is 1. The molecule has 4 heteroatoms. The molecule has 0 spiro atoms. The standard InChI is InChI=1S/C14H21NOS2/c1-4-14(5-2,18-3)10-15-13(16)11-6-8-12(17)9-7-11/h6-9,17H,4-5,10H2,1-3H3,(H,15,16). The molecule has 0 aliphatic carbocycles. The second-order valence-electron chi connectivity index (χ2n) is 4.32. The van der Waals surface area contributed by atoms with Gasteiger partial charge in [-0.1, -0.05) is 13.8 Å². The number of nitrogens with one attached hydrogen (secondary N) is 1. The van der Waals surface area contributed by atoms with Crippen LogP contribution in [-0.4, -0.2) is 23.5 Å². The second-order valence-corrected chi connectivity index (χ2v) is 6.11. The van der Waals surface area contributed by atoms with Gasteiger partial charge in [0.2, 0.25) is 0 Å². The molecular formula is C14H21NOS2. The third-order valence-electron chi connectivity index (χ3n) is 3.42. The van der Waals surface area contributed by atoms with E-state index in [9.17, 15) is 4.79 Å². The molecule has 18 heavy (non-hydrogen) atoms. The molecule has 0 atom stereocenters. The van der Waals surface area contributed by atoms with Crippen molar-refractivity contribution in [1.29, 1.82) is 0 Å². The van der Waals surface area contributed by atoms with Crippen LogP contribution in [0.1, 0.15) is 37.0 Å². The molecule has 1 aromatic carbocycles. The van der Waals surface area contributed by atoms with Crippen LogP contribution in [0.3, 0.4) is 0 Å². The lowest BCUT2D eigenvalue weighted by Crippen LogP contribution is -2.39. The molecule has 100 valence electrons. The maximum absolute atomic E-state index is 12.0. The summed E-state index contributed by atoms with van der Waals surface area (Å²) in [6, 6.07) is 7.27. The Morgan fingerprint density at radius 1 is 1.28 bits per heavy atom. The average Bonchev–Trinajstić information content (AvgIpc) is 2.41. The number of rotatable bonds is 6. The van der Waals surface area contributed by atoms with Gasteiger partial charge < -0.3 is 5.32 Å². The van der Waals surface area contributed by atoms with Gasteiger partial charge >= 0.3 is 0 Å². The van der Waals surface area contributed by atoms with Crippen LogP contribution in [0.2, 0.25) is 0 Å². The van der Waals surface area contributed by atoms with Gasteiger partial charge in [-0.3, -0.25) is 4.79 Å². The normalized spacial score (nSPS) is 11.3. The first kappa shape index (κ1) is 15.4. The summed E-state index contributed by atoms with van der Waals surface area (Å²) in [7, 11) is 0. The molecule has 1 rings (SSSR count). The van der Waals surface area contributed by atoms with Gasteiger partial charge in [0.05, 0.1) is 0 Å². The van der Waals surface area contributed by atoms with Crippen molar-refractivity contribution in [3.05, 3.63) is 29.8 Å². The van der Waals surface area contributed by atoms with Gasteiger partial charge in [-0.05, 0) is 43.4 Å². The van der Waals surface area contributed by atoms with Gasteiger partial charge in [-0.25, -0.2) is 0 Å². The number of thiol groups is 1. The predicted octanol–water partition coefficient (Wildman–Crippen LogP) is 3.63. The number of carbonyl (C=O) groups is 1. The summed E-state index contributed by atoms with van der Waals surface area (Å²) in [5.74, 6) is -0.0105. The van der Waals surface area contributed by atoms with Crippen LogP contribution in [0.15, 0.2) is 29.2 Å². The highest BCUT2D eigenvalue weighted by Crippen LogP contribution is 2.29. The largest absolute Gasteiger partial charge is 0.351 e. The molecule has 0 fully saturated rings. The van der Waals surface area contributed by atoms with Gasteiger partial charge in [0.15, 0.2) is 0 Å². The highest BCUT2D eigenvalue weighted by molar-refractivity contribution is 8.00. The van der Waals surface area contributed by atoms with Crippen LogP contribution in [0, 0.1) is 0 Å². The van der Waals surface area contributed by atoms with Crippen molar-refractivity contribution >= 4 is 30.3 Å². The number of thioether (sulfide) groups is 1. The third-order valence-corrected chi connectivity index (χ3v) is 5.31. The van der Waals surface area contributed by atoms with Crippen LogP contribution in [-0.2, 0) is 0 Å². The zero-order chi connectivity index (χ0) is 13.6. The predicted molar refractivity (Wildman–Crippen MR) is 82.9 cm³/mol. The van der Waals surface area contributed by atoms with Gasteiger partial charge in [-0.15, -0.1) is 12.6 Å². The summed E-state index contributed by atoms with van der Waals surface area (Å²) in [5.41, 5.74) is 0.690. The van der Waals surface area contributed by atoms with E-state index in [-0.39, 0.29) is 10.7 Å². The summed E-state index contributed by atoms with van der Waals surface area (Å²) in [5, 5.41) is 3.03. The molecule has 0 saturated carbocycles. The highest BCUT2D eigenvalue weighted by Gasteiger charge is 2.25. The molecule has 1 amide bonds. The fourth-order valence-electron chi connectivity index (χ4n) is 1.82. The van der Waals surface area contributed by atoms with Gasteiger partial charge in [0.1, 0.15) is 0 Å². The first-order valence-electron chi connectivity index (χ1n) is 6.19. The smallest absolute Gasteiger partial charge is 0.251 e. The molecule has 2 nitrogen and oxygen atoms in total. The van der Waals surface area contributed by atoms with Crippen LogP contribution in [0.5, 0.6) is 0 Å². The number of hydrogen-bond donors (Lipinski definition) is 2. The molecule has 0 aliphatic heterocycles. The first-order chi connectivity index (χ1) is 8.56. The molecule has 1 N–H and O–H groups in total. The lowest BCUT2D eigenvalue weighted by molar-refractivity contribution is 0.0949. The van der Waals surface area contributed by atoms with Gasteiger partial charge in [0, 0.05) is 21.8 Å². The van der Waals surface area contributed by atoms with E-state index in [1.807, 2.05) is 23.9 Å². The molecule has 0 unspecified atom stereocenters. The van der Waals surface area contributed by atoms with Crippen LogP contribution in [0.25, 0.3) is 0 Å². The Morgan fingerprint density at radius 3 is 2.28 bits per heavy atom. The van der Waals surface area contributed by atoms with Crippen molar-refractivity contribution in [2.45, 2.75) is 36.3 Å². The fourth-order valence-corrected chi connectivity index (χ4v) is 2.76. The second kappa shape index (κ2) is 7.10.